The van der Waals surface area contributed by atoms with Crippen molar-refractivity contribution in [1.82, 2.24) is 9.80 Å². The van der Waals surface area contributed by atoms with Crippen molar-refractivity contribution < 1.29 is 14.6 Å². The SMILES string of the molecule is CN(CCCOc1ccccc1)C(=O)CN1CCCC(O)C1. The molecule has 0 aliphatic carbocycles. The lowest BCUT2D eigenvalue weighted by Crippen LogP contribution is -2.44. The van der Waals surface area contributed by atoms with Gasteiger partial charge in [0.15, 0.2) is 0 Å². The summed E-state index contributed by atoms with van der Waals surface area (Å²) in [5.74, 6) is 0.965. The number of carbonyl (C=O) groups excluding carboxylic acids is 1. The summed E-state index contributed by atoms with van der Waals surface area (Å²) in [7, 11) is 1.82. The van der Waals surface area contributed by atoms with Crippen LogP contribution in [0.5, 0.6) is 5.75 Å². The van der Waals surface area contributed by atoms with E-state index in [2.05, 4.69) is 0 Å². The first kappa shape index (κ1) is 16.8. The Kier molecular flexibility index (Phi) is 6.68. The van der Waals surface area contributed by atoms with Gasteiger partial charge in [0.05, 0.1) is 19.3 Å². The van der Waals surface area contributed by atoms with Gasteiger partial charge in [-0.3, -0.25) is 9.69 Å². The second-order valence-corrected chi connectivity index (χ2v) is 5.86. The first-order chi connectivity index (χ1) is 10.6. The van der Waals surface area contributed by atoms with Gasteiger partial charge in [0.1, 0.15) is 5.75 Å². The monoisotopic (exact) mass is 306 g/mol. The molecule has 1 aliphatic heterocycles. The van der Waals surface area contributed by atoms with Crippen LogP contribution in [0, 0.1) is 0 Å². The smallest absolute Gasteiger partial charge is 0.236 e. The average molecular weight is 306 g/mol. The predicted molar refractivity (Wildman–Crippen MR) is 85.9 cm³/mol. The van der Waals surface area contributed by atoms with Crippen molar-refractivity contribution in [1.29, 1.82) is 0 Å². The minimum Gasteiger partial charge on any atom is -0.494 e. The minimum absolute atomic E-state index is 0.105. The van der Waals surface area contributed by atoms with E-state index in [0.717, 1.165) is 31.6 Å². The number of β-amino-alcohol motifs (C(OH)–C–C–N with tert-alkyl or cyclic N) is 1. The zero-order chi connectivity index (χ0) is 15.8. The number of amides is 1. The highest BCUT2D eigenvalue weighted by molar-refractivity contribution is 5.77. The highest BCUT2D eigenvalue weighted by Crippen LogP contribution is 2.10. The Labute approximate surface area is 132 Å². The molecule has 1 aromatic rings. The van der Waals surface area contributed by atoms with Crippen LogP contribution in [-0.2, 0) is 4.79 Å². The van der Waals surface area contributed by atoms with Crippen molar-refractivity contribution in [3.05, 3.63) is 30.3 Å². The molecule has 0 radical (unpaired) electrons. The number of para-hydroxylation sites is 1. The molecule has 22 heavy (non-hydrogen) atoms. The maximum atomic E-state index is 12.1. The molecule has 1 N–H and O–H groups in total. The summed E-state index contributed by atoms with van der Waals surface area (Å²) in [5, 5.41) is 9.63. The van der Waals surface area contributed by atoms with Gasteiger partial charge in [0.25, 0.3) is 0 Å². The lowest BCUT2D eigenvalue weighted by atomic mass is 10.1. The highest BCUT2D eigenvalue weighted by Gasteiger charge is 2.20. The molecule has 1 unspecified atom stereocenters. The number of aliphatic hydroxyl groups is 1. The van der Waals surface area contributed by atoms with Crippen LogP contribution < -0.4 is 4.74 Å². The molecular formula is C17H26N2O3. The van der Waals surface area contributed by atoms with Crippen molar-refractivity contribution >= 4 is 5.91 Å². The fourth-order valence-corrected chi connectivity index (χ4v) is 2.62. The molecule has 1 saturated heterocycles. The molecular weight excluding hydrogens is 280 g/mol. The number of piperidine rings is 1. The van der Waals surface area contributed by atoms with E-state index in [-0.39, 0.29) is 12.0 Å². The molecule has 0 spiro atoms. The third-order valence-electron chi connectivity index (χ3n) is 3.92. The minimum atomic E-state index is -0.286. The van der Waals surface area contributed by atoms with E-state index in [1.54, 1.807) is 4.90 Å². The van der Waals surface area contributed by atoms with E-state index < -0.39 is 0 Å². The quantitative estimate of drug-likeness (QED) is 0.773. The van der Waals surface area contributed by atoms with Gasteiger partial charge < -0.3 is 14.7 Å². The molecule has 122 valence electrons. The van der Waals surface area contributed by atoms with Crippen LogP contribution in [-0.4, -0.2) is 66.8 Å². The number of nitrogens with zero attached hydrogens (tertiary/aromatic N) is 2. The standard InChI is InChI=1S/C17H26N2O3/c1-18(10-6-12-22-16-8-3-2-4-9-16)17(21)14-19-11-5-7-15(20)13-19/h2-4,8-9,15,20H,5-7,10-14H2,1H3. The zero-order valence-corrected chi connectivity index (χ0v) is 13.3. The van der Waals surface area contributed by atoms with E-state index in [9.17, 15) is 9.90 Å². The maximum Gasteiger partial charge on any atom is 0.236 e. The largest absolute Gasteiger partial charge is 0.494 e. The van der Waals surface area contributed by atoms with Crippen LogP contribution >= 0.6 is 0 Å². The maximum absolute atomic E-state index is 12.1. The Hall–Kier alpha value is -1.59. The Morgan fingerprint density at radius 1 is 1.41 bits per heavy atom. The van der Waals surface area contributed by atoms with Crippen molar-refractivity contribution in [3.8, 4) is 5.75 Å². The first-order valence-electron chi connectivity index (χ1n) is 7.97. The Balaban J connectivity index is 1.61. The topological polar surface area (TPSA) is 53.0 Å². The second kappa shape index (κ2) is 8.76. The summed E-state index contributed by atoms with van der Waals surface area (Å²) >= 11 is 0. The third kappa shape index (κ3) is 5.66. The number of likely N-dealkylation sites (N-methyl/N-ethyl adjacent to an activating group) is 1. The van der Waals surface area contributed by atoms with Gasteiger partial charge in [-0.05, 0) is 37.9 Å². The molecule has 2 rings (SSSR count). The lowest BCUT2D eigenvalue weighted by molar-refractivity contribution is -0.131. The summed E-state index contributed by atoms with van der Waals surface area (Å²) in [4.78, 5) is 15.9. The molecule has 0 saturated carbocycles. The Bertz CT molecular complexity index is 452. The first-order valence-corrected chi connectivity index (χ1v) is 7.97. The number of ether oxygens (including phenoxy) is 1. The average Bonchev–Trinajstić information content (AvgIpc) is 2.52. The van der Waals surface area contributed by atoms with Crippen molar-refractivity contribution in [2.75, 3.05) is 39.8 Å². The van der Waals surface area contributed by atoms with Crippen LogP contribution in [0.15, 0.2) is 30.3 Å². The van der Waals surface area contributed by atoms with Gasteiger partial charge in [-0.1, -0.05) is 18.2 Å². The fourth-order valence-electron chi connectivity index (χ4n) is 2.62. The Morgan fingerprint density at radius 3 is 2.91 bits per heavy atom. The van der Waals surface area contributed by atoms with E-state index in [1.807, 2.05) is 42.3 Å². The van der Waals surface area contributed by atoms with Crippen molar-refractivity contribution in [3.63, 3.8) is 0 Å². The summed E-state index contributed by atoms with van der Waals surface area (Å²) in [6.45, 7) is 3.18. The molecule has 5 nitrogen and oxygen atoms in total. The number of carbonyl (C=O) groups is 1. The number of likely N-dealkylation sites (tertiary alicyclic amines) is 1. The molecule has 1 atom stereocenters. The number of benzene rings is 1. The summed E-state index contributed by atoms with van der Waals surface area (Å²) in [6, 6.07) is 9.69. The number of hydrogen-bond acceptors (Lipinski definition) is 4. The molecule has 1 fully saturated rings. The normalized spacial score (nSPS) is 18.9. The van der Waals surface area contributed by atoms with E-state index >= 15 is 0 Å². The van der Waals surface area contributed by atoms with Gasteiger partial charge in [-0.25, -0.2) is 0 Å². The zero-order valence-electron chi connectivity index (χ0n) is 13.3. The van der Waals surface area contributed by atoms with Crippen molar-refractivity contribution in [2.45, 2.75) is 25.4 Å². The highest BCUT2D eigenvalue weighted by atomic mass is 16.5. The molecule has 5 heteroatoms. The lowest BCUT2D eigenvalue weighted by Gasteiger charge is -2.30. The van der Waals surface area contributed by atoms with Gasteiger partial charge in [0, 0.05) is 20.1 Å². The molecule has 1 amide bonds. The molecule has 1 heterocycles. The summed E-state index contributed by atoms with van der Waals surface area (Å²) < 4.78 is 5.62. The van der Waals surface area contributed by atoms with E-state index in [0.29, 0.717) is 26.2 Å². The summed E-state index contributed by atoms with van der Waals surface area (Å²) in [6.07, 6.45) is 2.33. The van der Waals surface area contributed by atoms with Gasteiger partial charge in [-0.15, -0.1) is 0 Å². The molecule has 0 bridgehead atoms. The summed E-state index contributed by atoms with van der Waals surface area (Å²) in [5.41, 5.74) is 0. The second-order valence-electron chi connectivity index (χ2n) is 5.86. The van der Waals surface area contributed by atoms with Crippen LogP contribution in [0.1, 0.15) is 19.3 Å². The van der Waals surface area contributed by atoms with Crippen LogP contribution in [0.3, 0.4) is 0 Å². The van der Waals surface area contributed by atoms with Crippen LogP contribution in [0.2, 0.25) is 0 Å². The van der Waals surface area contributed by atoms with E-state index in [4.69, 9.17) is 4.74 Å². The number of hydrogen-bond donors (Lipinski definition) is 1. The van der Waals surface area contributed by atoms with Gasteiger partial charge >= 0.3 is 0 Å². The number of rotatable bonds is 7. The number of aliphatic hydroxyl groups excluding tert-OH is 1. The molecule has 1 aliphatic rings. The third-order valence-corrected chi connectivity index (χ3v) is 3.92. The van der Waals surface area contributed by atoms with Gasteiger partial charge in [0.2, 0.25) is 5.91 Å². The Morgan fingerprint density at radius 2 is 2.18 bits per heavy atom. The fraction of sp³-hybridized carbons (Fsp3) is 0.588. The van der Waals surface area contributed by atoms with Crippen LogP contribution in [0.25, 0.3) is 0 Å². The van der Waals surface area contributed by atoms with E-state index in [1.165, 1.54) is 0 Å². The van der Waals surface area contributed by atoms with Crippen LogP contribution in [0.4, 0.5) is 0 Å². The predicted octanol–water partition coefficient (Wildman–Crippen LogP) is 1.37. The van der Waals surface area contributed by atoms with Crippen molar-refractivity contribution in [2.24, 2.45) is 0 Å². The molecule has 0 aromatic heterocycles. The molecule has 1 aromatic carbocycles. The van der Waals surface area contributed by atoms with Gasteiger partial charge in [-0.2, -0.15) is 0 Å².